The standard InChI is InChI=1S/C14H18IN5/c1-3-6-12-18-13(9(2)14(19-12)20-16)17-11-8-5-4-7-10(11)15/h4-5,7-8H,3,6,16H2,1-2H3,(H2,17,18,19,20). The van der Waals surface area contributed by atoms with E-state index in [0.29, 0.717) is 5.82 Å². The zero-order chi connectivity index (χ0) is 14.5. The Labute approximate surface area is 132 Å². The van der Waals surface area contributed by atoms with Crippen LogP contribution in [0.4, 0.5) is 17.3 Å². The lowest BCUT2D eigenvalue weighted by atomic mass is 10.2. The topological polar surface area (TPSA) is 75.9 Å². The number of hydrogen-bond acceptors (Lipinski definition) is 5. The van der Waals surface area contributed by atoms with Gasteiger partial charge in [-0.1, -0.05) is 19.1 Å². The molecule has 1 heterocycles. The summed E-state index contributed by atoms with van der Waals surface area (Å²) in [4.78, 5) is 9.00. The molecule has 0 aliphatic rings. The van der Waals surface area contributed by atoms with Crippen molar-refractivity contribution in [1.29, 1.82) is 0 Å². The Bertz CT molecular complexity index is 600. The van der Waals surface area contributed by atoms with Gasteiger partial charge in [0.1, 0.15) is 17.5 Å². The van der Waals surface area contributed by atoms with Crippen LogP contribution in [0.2, 0.25) is 0 Å². The van der Waals surface area contributed by atoms with Crippen LogP contribution in [0, 0.1) is 10.5 Å². The monoisotopic (exact) mass is 383 g/mol. The minimum absolute atomic E-state index is 0.664. The number of aromatic nitrogens is 2. The van der Waals surface area contributed by atoms with Crippen LogP contribution in [-0.4, -0.2) is 9.97 Å². The molecule has 1 aromatic carbocycles. The van der Waals surface area contributed by atoms with Gasteiger partial charge >= 0.3 is 0 Å². The van der Waals surface area contributed by atoms with Gasteiger partial charge in [0, 0.05) is 15.6 Å². The highest BCUT2D eigenvalue weighted by molar-refractivity contribution is 14.1. The Morgan fingerprint density at radius 1 is 1.20 bits per heavy atom. The molecule has 106 valence electrons. The van der Waals surface area contributed by atoms with E-state index in [4.69, 9.17) is 5.84 Å². The van der Waals surface area contributed by atoms with E-state index in [0.717, 1.165) is 39.3 Å². The largest absolute Gasteiger partial charge is 0.339 e. The van der Waals surface area contributed by atoms with Crippen LogP contribution >= 0.6 is 22.6 Å². The Balaban J connectivity index is 2.39. The van der Waals surface area contributed by atoms with E-state index in [1.54, 1.807) is 0 Å². The lowest BCUT2D eigenvalue weighted by Gasteiger charge is -2.14. The molecule has 2 rings (SSSR count). The smallest absolute Gasteiger partial charge is 0.148 e. The third-order valence-electron chi connectivity index (χ3n) is 2.93. The molecular weight excluding hydrogens is 365 g/mol. The molecular formula is C14H18IN5. The maximum atomic E-state index is 5.54. The number of nitrogen functional groups attached to an aromatic ring is 1. The first-order chi connectivity index (χ1) is 9.65. The summed E-state index contributed by atoms with van der Waals surface area (Å²) in [6, 6.07) is 8.08. The molecule has 6 heteroatoms. The molecule has 1 aromatic heterocycles. The molecule has 0 amide bonds. The third kappa shape index (κ3) is 3.37. The number of anilines is 3. The Morgan fingerprint density at radius 2 is 1.90 bits per heavy atom. The third-order valence-corrected chi connectivity index (χ3v) is 3.87. The lowest BCUT2D eigenvalue weighted by Crippen LogP contribution is -2.14. The van der Waals surface area contributed by atoms with Crippen molar-refractivity contribution in [2.24, 2.45) is 5.84 Å². The van der Waals surface area contributed by atoms with E-state index in [1.165, 1.54) is 0 Å². The minimum atomic E-state index is 0.664. The molecule has 0 radical (unpaired) electrons. The van der Waals surface area contributed by atoms with Gasteiger partial charge in [0.25, 0.3) is 0 Å². The lowest BCUT2D eigenvalue weighted by molar-refractivity contribution is 0.833. The first kappa shape index (κ1) is 15.0. The summed E-state index contributed by atoms with van der Waals surface area (Å²) >= 11 is 2.30. The zero-order valence-electron chi connectivity index (χ0n) is 11.6. The summed E-state index contributed by atoms with van der Waals surface area (Å²) in [6.07, 6.45) is 1.82. The fourth-order valence-electron chi connectivity index (χ4n) is 1.85. The summed E-state index contributed by atoms with van der Waals surface area (Å²) in [5, 5.41) is 3.36. The Hall–Kier alpha value is -1.41. The first-order valence-electron chi connectivity index (χ1n) is 6.51. The van der Waals surface area contributed by atoms with E-state index < -0.39 is 0 Å². The highest BCUT2D eigenvalue weighted by Gasteiger charge is 2.11. The summed E-state index contributed by atoms with van der Waals surface area (Å²) in [5.74, 6) is 7.79. The fraction of sp³-hybridized carbons (Fsp3) is 0.286. The van der Waals surface area contributed by atoms with Gasteiger partial charge in [-0.05, 0) is 48.1 Å². The van der Waals surface area contributed by atoms with E-state index in [1.807, 2.05) is 25.1 Å². The highest BCUT2D eigenvalue weighted by atomic mass is 127. The number of hydrazine groups is 1. The van der Waals surface area contributed by atoms with E-state index in [9.17, 15) is 0 Å². The first-order valence-corrected chi connectivity index (χ1v) is 7.59. The van der Waals surface area contributed by atoms with Crippen molar-refractivity contribution in [3.05, 3.63) is 39.2 Å². The number of benzene rings is 1. The zero-order valence-corrected chi connectivity index (χ0v) is 13.7. The van der Waals surface area contributed by atoms with Gasteiger partial charge in [0.2, 0.25) is 0 Å². The quantitative estimate of drug-likeness (QED) is 0.419. The molecule has 2 aromatic rings. The van der Waals surface area contributed by atoms with Crippen LogP contribution in [-0.2, 0) is 6.42 Å². The molecule has 0 fully saturated rings. The second kappa shape index (κ2) is 6.85. The molecule has 0 spiro atoms. The second-order valence-corrected chi connectivity index (χ2v) is 5.62. The predicted molar refractivity (Wildman–Crippen MR) is 91.0 cm³/mol. The molecule has 0 aliphatic carbocycles. The van der Waals surface area contributed by atoms with Crippen LogP contribution in [0.15, 0.2) is 24.3 Å². The average Bonchev–Trinajstić information content (AvgIpc) is 2.45. The van der Waals surface area contributed by atoms with Gasteiger partial charge in [-0.25, -0.2) is 15.8 Å². The number of nitrogens with one attached hydrogen (secondary N) is 2. The molecule has 0 aliphatic heterocycles. The summed E-state index contributed by atoms with van der Waals surface area (Å²) in [6.45, 7) is 4.05. The van der Waals surface area contributed by atoms with Crippen LogP contribution in [0.25, 0.3) is 0 Å². The molecule has 20 heavy (non-hydrogen) atoms. The van der Waals surface area contributed by atoms with Crippen molar-refractivity contribution >= 4 is 39.9 Å². The molecule has 4 N–H and O–H groups in total. The van der Waals surface area contributed by atoms with E-state index in [-0.39, 0.29) is 0 Å². The predicted octanol–water partition coefficient (Wildman–Crippen LogP) is 3.37. The Kier molecular flexibility index (Phi) is 5.13. The van der Waals surface area contributed by atoms with Crippen LogP contribution in [0.1, 0.15) is 24.7 Å². The number of hydrogen-bond donors (Lipinski definition) is 3. The maximum absolute atomic E-state index is 5.54. The normalized spacial score (nSPS) is 10.4. The number of aryl methyl sites for hydroxylation is 1. The SMILES string of the molecule is CCCc1nc(NN)c(C)c(Nc2ccccc2I)n1. The molecule has 0 bridgehead atoms. The summed E-state index contributed by atoms with van der Waals surface area (Å²) in [7, 11) is 0. The molecule has 0 atom stereocenters. The fourth-order valence-corrected chi connectivity index (χ4v) is 2.37. The number of nitrogens with zero attached hydrogens (tertiary/aromatic N) is 2. The number of halogens is 1. The van der Waals surface area contributed by atoms with Gasteiger partial charge in [-0.15, -0.1) is 0 Å². The molecule has 0 saturated heterocycles. The van der Waals surface area contributed by atoms with Crippen molar-refractivity contribution in [1.82, 2.24) is 9.97 Å². The van der Waals surface area contributed by atoms with E-state index >= 15 is 0 Å². The van der Waals surface area contributed by atoms with Gasteiger partial charge < -0.3 is 10.7 Å². The van der Waals surface area contributed by atoms with Crippen molar-refractivity contribution in [2.75, 3.05) is 10.7 Å². The average molecular weight is 383 g/mol. The van der Waals surface area contributed by atoms with Crippen molar-refractivity contribution in [3.8, 4) is 0 Å². The van der Waals surface area contributed by atoms with Crippen molar-refractivity contribution in [3.63, 3.8) is 0 Å². The van der Waals surface area contributed by atoms with Crippen LogP contribution < -0.4 is 16.6 Å². The van der Waals surface area contributed by atoms with Gasteiger partial charge in [-0.3, -0.25) is 0 Å². The molecule has 0 saturated carbocycles. The van der Waals surface area contributed by atoms with Crippen LogP contribution in [0.3, 0.4) is 0 Å². The second-order valence-electron chi connectivity index (χ2n) is 4.46. The van der Waals surface area contributed by atoms with E-state index in [2.05, 4.69) is 56.3 Å². The molecule has 0 unspecified atom stereocenters. The number of para-hydroxylation sites is 1. The minimum Gasteiger partial charge on any atom is -0.339 e. The molecule has 5 nitrogen and oxygen atoms in total. The van der Waals surface area contributed by atoms with Gasteiger partial charge in [-0.2, -0.15) is 0 Å². The highest BCUT2D eigenvalue weighted by Crippen LogP contribution is 2.26. The summed E-state index contributed by atoms with van der Waals surface area (Å²) in [5.41, 5.74) is 4.58. The number of nitrogens with two attached hydrogens (primary N) is 1. The van der Waals surface area contributed by atoms with Gasteiger partial charge in [0.05, 0.1) is 5.69 Å². The number of rotatable bonds is 5. The van der Waals surface area contributed by atoms with Crippen LogP contribution in [0.5, 0.6) is 0 Å². The van der Waals surface area contributed by atoms with Crippen molar-refractivity contribution < 1.29 is 0 Å². The van der Waals surface area contributed by atoms with Crippen molar-refractivity contribution in [2.45, 2.75) is 26.7 Å². The summed E-state index contributed by atoms with van der Waals surface area (Å²) < 4.78 is 1.14. The Morgan fingerprint density at radius 3 is 2.55 bits per heavy atom. The maximum Gasteiger partial charge on any atom is 0.148 e. The van der Waals surface area contributed by atoms with Gasteiger partial charge in [0.15, 0.2) is 0 Å².